The minimum atomic E-state index is -1.23. The SMILES string of the molecule is O=C(O)c1ccccc1C(=O)O.O=C(O)c1ccccc1C(=O)O.[H-].[H-].[Na+].[Na+]. The van der Waals surface area contributed by atoms with E-state index in [4.69, 9.17) is 20.4 Å². The number of carboxylic acids is 4. The zero-order valence-corrected chi connectivity index (χ0v) is 18.0. The van der Waals surface area contributed by atoms with Gasteiger partial charge in [-0.25, -0.2) is 19.2 Å². The standard InChI is InChI=1S/2C8H6O4.2Na.2H/c2*9-7(10)5-3-1-2-4-6(5)8(11)12;;;;/h2*1-4H,(H,9,10)(H,11,12);;;;/q;;2*+1;2*-1. The molecule has 0 amide bonds. The Kier molecular flexibility index (Phi) is 12.9. The summed E-state index contributed by atoms with van der Waals surface area (Å²) in [6.07, 6.45) is 0. The molecule has 0 bridgehead atoms. The van der Waals surface area contributed by atoms with Crippen molar-refractivity contribution in [3.63, 3.8) is 0 Å². The van der Waals surface area contributed by atoms with Crippen LogP contribution in [0, 0.1) is 0 Å². The molecule has 2 aromatic carbocycles. The Balaban J connectivity index is -0.000000180. The predicted molar refractivity (Wildman–Crippen MR) is 82.9 cm³/mol. The first-order valence-corrected chi connectivity index (χ1v) is 6.37. The summed E-state index contributed by atoms with van der Waals surface area (Å²) in [4.78, 5) is 41.9. The third-order valence-electron chi connectivity index (χ3n) is 2.78. The fraction of sp³-hybridized carbons (Fsp3) is 0. The Bertz CT molecular complexity index is 681. The van der Waals surface area contributed by atoms with Crippen molar-refractivity contribution in [2.75, 3.05) is 0 Å². The van der Waals surface area contributed by atoms with Gasteiger partial charge in [0.25, 0.3) is 0 Å². The van der Waals surface area contributed by atoms with E-state index in [-0.39, 0.29) is 84.2 Å². The van der Waals surface area contributed by atoms with E-state index in [2.05, 4.69) is 0 Å². The summed E-state index contributed by atoms with van der Waals surface area (Å²) in [5.74, 6) is -4.91. The van der Waals surface area contributed by atoms with E-state index < -0.39 is 23.9 Å². The van der Waals surface area contributed by atoms with Crippen LogP contribution in [0.2, 0.25) is 0 Å². The Morgan fingerprint density at radius 1 is 0.500 bits per heavy atom. The van der Waals surface area contributed by atoms with Crippen molar-refractivity contribution in [3.8, 4) is 0 Å². The monoisotopic (exact) mass is 380 g/mol. The molecule has 2 rings (SSSR count). The van der Waals surface area contributed by atoms with Gasteiger partial charge in [0.15, 0.2) is 0 Å². The molecule has 0 saturated heterocycles. The Morgan fingerprint density at radius 3 is 0.769 bits per heavy atom. The van der Waals surface area contributed by atoms with Crippen LogP contribution in [0.25, 0.3) is 0 Å². The molecular formula is C16H14Na2O8. The first kappa shape index (κ1) is 26.5. The van der Waals surface area contributed by atoms with E-state index in [1.165, 1.54) is 48.5 Å². The van der Waals surface area contributed by atoms with Crippen LogP contribution in [0.3, 0.4) is 0 Å². The minimum absolute atomic E-state index is 0. The van der Waals surface area contributed by atoms with Crippen molar-refractivity contribution in [2.24, 2.45) is 0 Å². The average molecular weight is 380 g/mol. The van der Waals surface area contributed by atoms with Crippen molar-refractivity contribution < 1.29 is 102 Å². The van der Waals surface area contributed by atoms with E-state index >= 15 is 0 Å². The molecule has 0 aliphatic rings. The molecule has 0 fully saturated rings. The zero-order chi connectivity index (χ0) is 18.3. The molecule has 0 atom stereocenters. The molecule has 128 valence electrons. The van der Waals surface area contributed by atoms with Crippen molar-refractivity contribution >= 4 is 23.9 Å². The van der Waals surface area contributed by atoms with Gasteiger partial charge in [-0.1, -0.05) is 24.3 Å². The molecule has 4 N–H and O–H groups in total. The summed E-state index contributed by atoms with van der Waals surface area (Å²) in [6, 6.07) is 11.0. The quantitative estimate of drug-likeness (QED) is 0.398. The number of aromatic carboxylic acids is 4. The van der Waals surface area contributed by atoms with Crippen molar-refractivity contribution in [1.29, 1.82) is 0 Å². The molecule has 0 aromatic heterocycles. The number of hydrogen-bond donors (Lipinski definition) is 4. The number of carboxylic acid groups (broad SMARTS) is 4. The first-order chi connectivity index (χ1) is 11.3. The number of benzene rings is 2. The second kappa shape index (κ2) is 12.6. The van der Waals surface area contributed by atoms with Crippen LogP contribution >= 0.6 is 0 Å². The molecule has 0 unspecified atom stereocenters. The third-order valence-corrected chi connectivity index (χ3v) is 2.78. The van der Waals surface area contributed by atoms with Crippen LogP contribution < -0.4 is 59.1 Å². The predicted octanol–water partition coefficient (Wildman–Crippen LogP) is -3.60. The number of carbonyl (C=O) groups is 4. The molecule has 0 aliphatic heterocycles. The average Bonchev–Trinajstić information content (AvgIpc) is 2.55. The maximum absolute atomic E-state index is 10.5. The third kappa shape index (κ3) is 7.69. The van der Waals surface area contributed by atoms with Gasteiger partial charge in [-0.15, -0.1) is 0 Å². The van der Waals surface area contributed by atoms with Gasteiger partial charge in [0.1, 0.15) is 0 Å². The van der Waals surface area contributed by atoms with Crippen molar-refractivity contribution in [1.82, 2.24) is 0 Å². The molecule has 0 heterocycles. The van der Waals surface area contributed by atoms with Gasteiger partial charge in [-0.3, -0.25) is 0 Å². The number of rotatable bonds is 4. The van der Waals surface area contributed by atoms with Gasteiger partial charge in [0.05, 0.1) is 22.3 Å². The Labute approximate surface area is 195 Å². The number of hydrogen-bond acceptors (Lipinski definition) is 4. The second-order valence-electron chi connectivity index (χ2n) is 4.31. The molecule has 2 aromatic rings. The van der Waals surface area contributed by atoms with Gasteiger partial charge in [-0.05, 0) is 24.3 Å². The molecule has 0 saturated carbocycles. The van der Waals surface area contributed by atoms with E-state index in [9.17, 15) is 19.2 Å². The summed E-state index contributed by atoms with van der Waals surface area (Å²) in [5, 5.41) is 34.2. The van der Waals surface area contributed by atoms with E-state index in [1.54, 1.807) is 0 Å². The van der Waals surface area contributed by atoms with Crippen LogP contribution in [0.1, 0.15) is 44.3 Å². The fourth-order valence-electron chi connectivity index (χ4n) is 1.71. The second-order valence-corrected chi connectivity index (χ2v) is 4.31. The summed E-state index contributed by atoms with van der Waals surface area (Å²) in [7, 11) is 0. The van der Waals surface area contributed by atoms with E-state index in [0.29, 0.717) is 0 Å². The molecule has 10 heteroatoms. The molecule has 0 spiro atoms. The van der Waals surface area contributed by atoms with Gasteiger partial charge in [0, 0.05) is 0 Å². The maximum Gasteiger partial charge on any atom is 1.00 e. The molecule has 26 heavy (non-hydrogen) atoms. The van der Waals surface area contributed by atoms with Crippen LogP contribution in [0.5, 0.6) is 0 Å². The topological polar surface area (TPSA) is 149 Å². The van der Waals surface area contributed by atoms with Crippen LogP contribution in [0.4, 0.5) is 0 Å². The van der Waals surface area contributed by atoms with Gasteiger partial charge < -0.3 is 23.3 Å². The van der Waals surface area contributed by atoms with Crippen molar-refractivity contribution in [3.05, 3.63) is 70.8 Å². The van der Waals surface area contributed by atoms with Crippen molar-refractivity contribution in [2.45, 2.75) is 0 Å². The Morgan fingerprint density at radius 2 is 0.654 bits per heavy atom. The maximum atomic E-state index is 10.5. The van der Waals surface area contributed by atoms with E-state index in [1.807, 2.05) is 0 Å². The minimum Gasteiger partial charge on any atom is -1.00 e. The smallest absolute Gasteiger partial charge is 1.00 e. The van der Waals surface area contributed by atoms with Crippen LogP contribution in [-0.4, -0.2) is 44.3 Å². The largest absolute Gasteiger partial charge is 1.00 e. The fourth-order valence-corrected chi connectivity index (χ4v) is 1.71. The molecule has 0 aliphatic carbocycles. The molecule has 8 nitrogen and oxygen atoms in total. The van der Waals surface area contributed by atoms with E-state index in [0.717, 1.165) is 0 Å². The normalized spacial score (nSPS) is 8.62. The van der Waals surface area contributed by atoms with Gasteiger partial charge >= 0.3 is 83.0 Å². The van der Waals surface area contributed by atoms with Gasteiger partial charge in [0.2, 0.25) is 0 Å². The van der Waals surface area contributed by atoms with Crippen LogP contribution in [0.15, 0.2) is 48.5 Å². The molecular weight excluding hydrogens is 366 g/mol. The summed E-state index contributed by atoms with van der Waals surface area (Å²) >= 11 is 0. The van der Waals surface area contributed by atoms with Crippen LogP contribution in [-0.2, 0) is 0 Å². The molecule has 0 radical (unpaired) electrons. The summed E-state index contributed by atoms with van der Waals surface area (Å²) in [5.41, 5.74) is -0.759. The Hall–Kier alpha value is -1.68. The first-order valence-electron chi connectivity index (χ1n) is 6.37. The summed E-state index contributed by atoms with van der Waals surface area (Å²) < 4.78 is 0. The summed E-state index contributed by atoms with van der Waals surface area (Å²) in [6.45, 7) is 0. The van der Waals surface area contributed by atoms with Gasteiger partial charge in [-0.2, -0.15) is 0 Å². The zero-order valence-electron chi connectivity index (χ0n) is 16.0.